The lowest BCUT2D eigenvalue weighted by Crippen LogP contribution is -2.24. The molecule has 0 atom stereocenters. The van der Waals surface area contributed by atoms with E-state index in [2.05, 4.69) is 4.98 Å². The van der Waals surface area contributed by atoms with E-state index in [4.69, 9.17) is 10.2 Å². The second kappa shape index (κ2) is 4.67. The van der Waals surface area contributed by atoms with E-state index in [1.165, 1.54) is 4.90 Å². The fraction of sp³-hybridized carbons (Fsp3) is 0.364. The number of nitrogens with two attached hydrogens (primary N) is 1. The maximum atomic E-state index is 12.1. The fourth-order valence-corrected chi connectivity index (χ4v) is 1.59. The van der Waals surface area contributed by atoms with Crippen LogP contribution in [0.5, 0.6) is 0 Å². The van der Waals surface area contributed by atoms with Crippen molar-refractivity contribution in [2.45, 2.75) is 13.0 Å². The molecule has 0 aliphatic rings. The Morgan fingerprint density at radius 1 is 1.47 bits per heavy atom. The van der Waals surface area contributed by atoms with Gasteiger partial charge in [0.05, 0.1) is 13.1 Å². The summed E-state index contributed by atoms with van der Waals surface area (Å²) in [6, 6.07) is 5.11. The molecule has 4 nitrogen and oxygen atoms in total. The normalized spacial score (nSPS) is 11.8. The Morgan fingerprint density at radius 2 is 2.24 bits per heavy atom. The van der Waals surface area contributed by atoms with Crippen LogP contribution in [0.15, 0.2) is 22.6 Å². The number of nitrogens with zero attached hydrogens (tertiary/aromatic N) is 2. The first-order valence-electron chi connectivity index (χ1n) is 5.16. The maximum absolute atomic E-state index is 12.1. The van der Waals surface area contributed by atoms with Gasteiger partial charge >= 0.3 is 0 Å². The third-order valence-corrected chi connectivity index (χ3v) is 2.31. The highest BCUT2D eigenvalue weighted by Gasteiger charge is 2.12. The topological polar surface area (TPSA) is 55.3 Å². The summed E-state index contributed by atoms with van der Waals surface area (Å²) in [5, 5.41) is 0. The number of fused-ring (bicyclic) bond motifs is 1. The maximum Gasteiger partial charge on any atom is 0.251 e. The lowest BCUT2D eigenvalue weighted by atomic mass is 10.3. The number of benzene rings is 1. The van der Waals surface area contributed by atoms with E-state index in [1.54, 1.807) is 25.2 Å². The van der Waals surface area contributed by atoms with E-state index < -0.39 is 6.43 Å². The van der Waals surface area contributed by atoms with E-state index in [0.717, 1.165) is 0 Å². The average molecular weight is 241 g/mol. The van der Waals surface area contributed by atoms with Gasteiger partial charge < -0.3 is 10.2 Å². The molecule has 2 N–H and O–H groups in total. The fourth-order valence-electron chi connectivity index (χ4n) is 1.59. The predicted molar refractivity (Wildman–Crippen MR) is 60.8 cm³/mol. The molecule has 17 heavy (non-hydrogen) atoms. The lowest BCUT2D eigenvalue weighted by molar-refractivity contribution is 0.0941. The molecule has 0 amide bonds. The van der Waals surface area contributed by atoms with E-state index in [1.807, 2.05) is 0 Å². The van der Waals surface area contributed by atoms with Crippen molar-refractivity contribution in [2.75, 3.05) is 19.3 Å². The van der Waals surface area contributed by atoms with Crippen LogP contribution in [0.3, 0.4) is 0 Å². The standard InChI is InChI=1S/C11H13F2N3O/c1-16(5-10(12)13)6-11-15-8-4-7(14)2-3-9(8)17-11/h2-4,10H,5-6,14H2,1H3. The smallest absolute Gasteiger partial charge is 0.251 e. The molecule has 0 radical (unpaired) electrons. The van der Waals surface area contributed by atoms with Crippen molar-refractivity contribution in [1.29, 1.82) is 0 Å². The highest BCUT2D eigenvalue weighted by molar-refractivity contribution is 5.76. The minimum Gasteiger partial charge on any atom is -0.439 e. The van der Waals surface area contributed by atoms with Crippen LogP contribution in [-0.2, 0) is 6.54 Å². The molecular weight excluding hydrogens is 228 g/mol. The Bertz CT molecular complexity index is 512. The van der Waals surface area contributed by atoms with Crippen LogP contribution in [0, 0.1) is 0 Å². The number of oxazole rings is 1. The molecule has 0 unspecified atom stereocenters. The molecule has 0 aliphatic heterocycles. The van der Waals surface area contributed by atoms with Crippen molar-refractivity contribution in [3.8, 4) is 0 Å². The first-order chi connectivity index (χ1) is 8.04. The molecule has 0 spiro atoms. The summed E-state index contributed by atoms with van der Waals surface area (Å²) >= 11 is 0. The van der Waals surface area contributed by atoms with Crippen LogP contribution in [0.1, 0.15) is 5.89 Å². The molecule has 2 rings (SSSR count). The molecule has 1 aromatic heterocycles. The van der Waals surface area contributed by atoms with Crippen molar-refractivity contribution in [2.24, 2.45) is 0 Å². The molecule has 2 aromatic rings. The molecule has 6 heteroatoms. The second-order valence-electron chi connectivity index (χ2n) is 3.92. The number of anilines is 1. The molecule has 0 fully saturated rings. The number of halogens is 2. The van der Waals surface area contributed by atoms with Crippen molar-refractivity contribution in [3.05, 3.63) is 24.1 Å². The van der Waals surface area contributed by atoms with E-state index >= 15 is 0 Å². The number of aromatic nitrogens is 1. The largest absolute Gasteiger partial charge is 0.439 e. The zero-order chi connectivity index (χ0) is 12.4. The van der Waals surface area contributed by atoms with Crippen molar-refractivity contribution in [1.82, 2.24) is 9.88 Å². The number of alkyl halides is 2. The van der Waals surface area contributed by atoms with Gasteiger partial charge in [-0.05, 0) is 25.2 Å². The van der Waals surface area contributed by atoms with Crippen LogP contribution in [-0.4, -0.2) is 29.9 Å². The van der Waals surface area contributed by atoms with Gasteiger partial charge in [-0.25, -0.2) is 13.8 Å². The van der Waals surface area contributed by atoms with E-state index in [-0.39, 0.29) is 13.1 Å². The van der Waals surface area contributed by atoms with Crippen molar-refractivity contribution < 1.29 is 13.2 Å². The zero-order valence-electron chi connectivity index (χ0n) is 9.36. The molecule has 0 saturated heterocycles. The van der Waals surface area contributed by atoms with Gasteiger partial charge in [0, 0.05) is 5.69 Å². The lowest BCUT2D eigenvalue weighted by Gasteiger charge is -2.12. The van der Waals surface area contributed by atoms with Gasteiger partial charge in [-0.3, -0.25) is 4.90 Å². The molecule has 0 saturated carbocycles. The van der Waals surface area contributed by atoms with Crippen LogP contribution in [0.4, 0.5) is 14.5 Å². The van der Waals surface area contributed by atoms with Gasteiger partial charge in [-0.15, -0.1) is 0 Å². The molecule has 1 aromatic carbocycles. The van der Waals surface area contributed by atoms with Crippen LogP contribution < -0.4 is 5.73 Å². The highest BCUT2D eigenvalue weighted by atomic mass is 19.3. The number of hydrogen-bond acceptors (Lipinski definition) is 4. The van der Waals surface area contributed by atoms with Gasteiger partial charge in [0.1, 0.15) is 5.52 Å². The van der Waals surface area contributed by atoms with Crippen LogP contribution >= 0.6 is 0 Å². The Morgan fingerprint density at radius 3 is 2.94 bits per heavy atom. The van der Waals surface area contributed by atoms with Gasteiger partial charge in [-0.2, -0.15) is 0 Å². The third kappa shape index (κ3) is 2.91. The molecule has 1 heterocycles. The summed E-state index contributed by atoms with van der Waals surface area (Å²) in [5.74, 6) is 0.411. The monoisotopic (exact) mass is 241 g/mol. The third-order valence-electron chi connectivity index (χ3n) is 2.31. The quantitative estimate of drug-likeness (QED) is 0.833. The SMILES string of the molecule is CN(Cc1nc2cc(N)ccc2o1)CC(F)F. The van der Waals surface area contributed by atoms with Crippen LogP contribution in [0.2, 0.25) is 0 Å². The Hall–Kier alpha value is -1.69. The van der Waals surface area contributed by atoms with Gasteiger partial charge in [-0.1, -0.05) is 0 Å². The molecule has 0 bridgehead atoms. The Labute approximate surface area is 97.0 Å². The van der Waals surface area contributed by atoms with Gasteiger partial charge in [0.2, 0.25) is 5.89 Å². The van der Waals surface area contributed by atoms with Gasteiger partial charge in [0.25, 0.3) is 6.43 Å². The highest BCUT2D eigenvalue weighted by Crippen LogP contribution is 2.19. The first kappa shape index (κ1) is 11.8. The zero-order valence-corrected chi connectivity index (χ0v) is 9.36. The molecule has 92 valence electrons. The van der Waals surface area contributed by atoms with Crippen molar-refractivity contribution >= 4 is 16.8 Å². The summed E-state index contributed by atoms with van der Waals surface area (Å²) in [5.41, 5.74) is 7.46. The molecule has 0 aliphatic carbocycles. The first-order valence-corrected chi connectivity index (χ1v) is 5.16. The van der Waals surface area contributed by atoms with Crippen molar-refractivity contribution in [3.63, 3.8) is 0 Å². The summed E-state index contributed by atoms with van der Waals surface area (Å²) in [6.45, 7) is -0.0558. The second-order valence-corrected chi connectivity index (χ2v) is 3.92. The summed E-state index contributed by atoms with van der Waals surface area (Å²) < 4.78 is 29.7. The minimum absolute atomic E-state index is 0.249. The predicted octanol–water partition coefficient (Wildman–Crippen LogP) is 2.11. The Kier molecular flexibility index (Phi) is 3.23. The summed E-state index contributed by atoms with van der Waals surface area (Å²) in [6.07, 6.45) is -2.36. The van der Waals surface area contributed by atoms with Crippen LogP contribution in [0.25, 0.3) is 11.1 Å². The van der Waals surface area contributed by atoms with Gasteiger partial charge in [0.15, 0.2) is 5.58 Å². The number of rotatable bonds is 4. The van der Waals surface area contributed by atoms with E-state index in [0.29, 0.717) is 22.7 Å². The summed E-state index contributed by atoms with van der Waals surface area (Å²) in [4.78, 5) is 5.64. The molecular formula is C11H13F2N3O. The van der Waals surface area contributed by atoms with E-state index in [9.17, 15) is 8.78 Å². The summed E-state index contributed by atoms with van der Waals surface area (Å²) in [7, 11) is 1.59. The number of nitrogen functional groups attached to an aromatic ring is 1. The Balaban J connectivity index is 2.14. The number of hydrogen-bond donors (Lipinski definition) is 1. The average Bonchev–Trinajstić information content (AvgIpc) is 2.57. The minimum atomic E-state index is -2.36.